The standard InChI is InChI=1S/C14H17F2NO/c1-2-3-4-5-6-7-18-14-12(15)8-11(10-17)9-13(14)16/h8-9H,2-7H2,1H3. The Morgan fingerprint density at radius 3 is 2.28 bits per heavy atom. The van der Waals surface area contributed by atoms with Crippen LogP contribution in [0.2, 0.25) is 0 Å². The van der Waals surface area contributed by atoms with Crippen molar-refractivity contribution in [1.82, 2.24) is 0 Å². The van der Waals surface area contributed by atoms with Crippen LogP contribution in [0.25, 0.3) is 0 Å². The highest BCUT2D eigenvalue weighted by Gasteiger charge is 2.12. The molecule has 1 rings (SSSR count). The maximum Gasteiger partial charge on any atom is 0.190 e. The lowest BCUT2D eigenvalue weighted by atomic mass is 10.2. The van der Waals surface area contributed by atoms with E-state index in [-0.39, 0.29) is 11.3 Å². The molecule has 0 radical (unpaired) electrons. The van der Waals surface area contributed by atoms with E-state index < -0.39 is 11.6 Å². The molecule has 98 valence electrons. The molecule has 1 aromatic carbocycles. The molecule has 0 spiro atoms. The minimum atomic E-state index is -0.819. The largest absolute Gasteiger partial charge is 0.488 e. The van der Waals surface area contributed by atoms with Crippen molar-refractivity contribution >= 4 is 0 Å². The van der Waals surface area contributed by atoms with E-state index in [0.717, 1.165) is 37.8 Å². The lowest BCUT2D eigenvalue weighted by Crippen LogP contribution is -2.02. The number of halogens is 2. The van der Waals surface area contributed by atoms with Crippen molar-refractivity contribution in [3.8, 4) is 11.8 Å². The summed E-state index contributed by atoms with van der Waals surface area (Å²) in [5.74, 6) is -2.02. The van der Waals surface area contributed by atoms with E-state index in [4.69, 9.17) is 10.00 Å². The van der Waals surface area contributed by atoms with E-state index in [1.807, 2.05) is 0 Å². The van der Waals surface area contributed by atoms with Gasteiger partial charge in [-0.1, -0.05) is 32.6 Å². The average Bonchev–Trinajstić information content (AvgIpc) is 2.35. The van der Waals surface area contributed by atoms with Gasteiger partial charge in [-0.3, -0.25) is 0 Å². The summed E-state index contributed by atoms with van der Waals surface area (Å²) in [6.45, 7) is 2.42. The summed E-state index contributed by atoms with van der Waals surface area (Å²) in [7, 11) is 0. The van der Waals surface area contributed by atoms with Crippen molar-refractivity contribution in [3.05, 3.63) is 29.3 Å². The second-order valence-corrected chi connectivity index (χ2v) is 4.14. The summed E-state index contributed by atoms with van der Waals surface area (Å²) >= 11 is 0. The minimum absolute atomic E-state index is 0.0414. The molecule has 0 aliphatic carbocycles. The molecule has 0 bridgehead atoms. The van der Waals surface area contributed by atoms with E-state index in [2.05, 4.69) is 6.92 Å². The highest BCUT2D eigenvalue weighted by atomic mass is 19.1. The van der Waals surface area contributed by atoms with Crippen LogP contribution in [0.3, 0.4) is 0 Å². The summed E-state index contributed by atoms with van der Waals surface area (Å²) in [6, 6.07) is 3.65. The average molecular weight is 253 g/mol. The zero-order valence-electron chi connectivity index (χ0n) is 10.5. The number of hydrogen-bond acceptors (Lipinski definition) is 2. The summed E-state index contributed by atoms with van der Waals surface area (Å²) in [5.41, 5.74) is -0.0414. The van der Waals surface area contributed by atoms with Crippen molar-refractivity contribution in [2.24, 2.45) is 0 Å². The molecule has 2 nitrogen and oxygen atoms in total. The number of rotatable bonds is 7. The van der Waals surface area contributed by atoms with Crippen LogP contribution in [-0.2, 0) is 0 Å². The third-order valence-corrected chi connectivity index (χ3v) is 2.62. The Morgan fingerprint density at radius 1 is 1.11 bits per heavy atom. The topological polar surface area (TPSA) is 33.0 Å². The van der Waals surface area contributed by atoms with Crippen LogP contribution in [0.1, 0.15) is 44.6 Å². The molecule has 0 saturated heterocycles. The fourth-order valence-electron chi connectivity index (χ4n) is 1.64. The van der Waals surface area contributed by atoms with E-state index in [1.54, 1.807) is 6.07 Å². The summed E-state index contributed by atoms with van der Waals surface area (Å²) < 4.78 is 31.9. The van der Waals surface area contributed by atoms with Gasteiger partial charge in [-0.05, 0) is 18.6 Å². The van der Waals surface area contributed by atoms with Crippen molar-refractivity contribution in [3.63, 3.8) is 0 Å². The van der Waals surface area contributed by atoms with Crippen LogP contribution in [0.15, 0.2) is 12.1 Å². The van der Waals surface area contributed by atoms with Gasteiger partial charge in [0.05, 0.1) is 18.2 Å². The smallest absolute Gasteiger partial charge is 0.190 e. The Hall–Kier alpha value is -1.63. The zero-order valence-corrected chi connectivity index (χ0v) is 10.5. The normalized spacial score (nSPS) is 10.1. The molecule has 1 aromatic rings. The first-order valence-corrected chi connectivity index (χ1v) is 6.21. The molecule has 0 fully saturated rings. The SMILES string of the molecule is CCCCCCCOc1c(F)cc(C#N)cc1F. The zero-order chi connectivity index (χ0) is 13.4. The molecule has 0 aliphatic heterocycles. The van der Waals surface area contributed by atoms with Gasteiger partial charge in [-0.2, -0.15) is 5.26 Å². The predicted molar refractivity (Wildman–Crippen MR) is 65.3 cm³/mol. The van der Waals surface area contributed by atoms with Crippen molar-refractivity contribution in [2.75, 3.05) is 6.61 Å². The van der Waals surface area contributed by atoms with Gasteiger partial charge in [0.2, 0.25) is 0 Å². The predicted octanol–water partition coefficient (Wildman–Crippen LogP) is 4.19. The first kappa shape index (κ1) is 14.4. The number of nitriles is 1. The van der Waals surface area contributed by atoms with Gasteiger partial charge in [-0.15, -0.1) is 0 Å². The number of unbranched alkanes of at least 4 members (excludes halogenated alkanes) is 4. The van der Waals surface area contributed by atoms with Crippen molar-refractivity contribution < 1.29 is 13.5 Å². The van der Waals surface area contributed by atoms with Crippen LogP contribution in [-0.4, -0.2) is 6.61 Å². The van der Waals surface area contributed by atoms with E-state index in [0.29, 0.717) is 6.61 Å². The van der Waals surface area contributed by atoms with Gasteiger partial charge in [0.15, 0.2) is 17.4 Å². The molecule has 0 atom stereocenters. The second-order valence-electron chi connectivity index (χ2n) is 4.14. The summed E-state index contributed by atoms with van der Waals surface area (Å²) in [6.07, 6.45) is 5.20. The fourth-order valence-corrected chi connectivity index (χ4v) is 1.64. The van der Waals surface area contributed by atoms with Gasteiger partial charge in [0, 0.05) is 0 Å². The lowest BCUT2D eigenvalue weighted by Gasteiger charge is -2.08. The van der Waals surface area contributed by atoms with Crippen molar-refractivity contribution in [1.29, 1.82) is 5.26 Å². The lowest BCUT2D eigenvalue weighted by molar-refractivity contribution is 0.275. The van der Waals surface area contributed by atoms with Crippen LogP contribution >= 0.6 is 0 Å². The van der Waals surface area contributed by atoms with E-state index in [9.17, 15) is 8.78 Å². The van der Waals surface area contributed by atoms with Crippen molar-refractivity contribution in [2.45, 2.75) is 39.0 Å². The summed E-state index contributed by atoms with van der Waals surface area (Å²) in [5, 5.41) is 8.55. The Balaban J connectivity index is 2.45. The maximum atomic E-state index is 13.4. The maximum absolute atomic E-state index is 13.4. The van der Waals surface area contributed by atoms with Gasteiger partial charge in [0.25, 0.3) is 0 Å². The second kappa shape index (κ2) is 7.65. The van der Waals surface area contributed by atoms with Gasteiger partial charge < -0.3 is 4.74 Å². The van der Waals surface area contributed by atoms with Gasteiger partial charge in [-0.25, -0.2) is 8.78 Å². The molecular weight excluding hydrogens is 236 g/mol. The Labute approximate surface area is 106 Å². The van der Waals surface area contributed by atoms with Crippen LogP contribution in [0, 0.1) is 23.0 Å². The molecule has 0 N–H and O–H groups in total. The molecule has 4 heteroatoms. The van der Waals surface area contributed by atoms with Gasteiger partial charge >= 0.3 is 0 Å². The molecule has 0 saturated carbocycles. The fraction of sp³-hybridized carbons (Fsp3) is 0.500. The first-order chi connectivity index (χ1) is 8.69. The van der Waals surface area contributed by atoms with E-state index >= 15 is 0 Å². The van der Waals surface area contributed by atoms with Crippen LogP contribution < -0.4 is 4.74 Å². The number of ether oxygens (including phenoxy) is 1. The Bertz CT molecular complexity index is 403. The number of hydrogen-bond donors (Lipinski definition) is 0. The molecular formula is C14H17F2NO. The molecule has 0 aliphatic rings. The highest BCUT2D eigenvalue weighted by molar-refractivity contribution is 5.37. The third-order valence-electron chi connectivity index (χ3n) is 2.62. The first-order valence-electron chi connectivity index (χ1n) is 6.21. The quantitative estimate of drug-likeness (QED) is 0.683. The Kier molecular flexibility index (Phi) is 6.13. The molecule has 18 heavy (non-hydrogen) atoms. The summed E-state index contributed by atoms with van der Waals surface area (Å²) in [4.78, 5) is 0. The number of nitrogens with zero attached hydrogens (tertiary/aromatic N) is 1. The highest BCUT2D eigenvalue weighted by Crippen LogP contribution is 2.23. The van der Waals surface area contributed by atoms with E-state index in [1.165, 1.54) is 6.42 Å². The minimum Gasteiger partial charge on any atom is -0.488 e. The Morgan fingerprint density at radius 2 is 1.72 bits per heavy atom. The van der Waals surface area contributed by atoms with Gasteiger partial charge in [0.1, 0.15) is 0 Å². The third kappa shape index (κ3) is 4.33. The molecule has 0 unspecified atom stereocenters. The molecule has 0 aromatic heterocycles. The van der Waals surface area contributed by atoms with Crippen LogP contribution in [0.4, 0.5) is 8.78 Å². The molecule has 0 amide bonds. The monoisotopic (exact) mass is 253 g/mol. The molecule has 0 heterocycles. The number of benzene rings is 1. The van der Waals surface area contributed by atoms with Crippen LogP contribution in [0.5, 0.6) is 5.75 Å².